The molecular formula is C24H22FNO5. The Bertz CT molecular complexity index is 1280. The van der Waals surface area contributed by atoms with Crippen molar-refractivity contribution >= 4 is 21.9 Å². The molecule has 6 nitrogen and oxygen atoms in total. The molecule has 4 rings (SSSR count). The number of ether oxygens (including phenoxy) is 1. The number of aliphatic hydroxyl groups is 2. The third kappa shape index (κ3) is 4.44. The zero-order valence-corrected chi connectivity index (χ0v) is 16.7. The van der Waals surface area contributed by atoms with Crippen molar-refractivity contribution in [2.24, 2.45) is 5.73 Å². The van der Waals surface area contributed by atoms with Crippen LogP contribution in [0.15, 0.2) is 69.9 Å². The van der Waals surface area contributed by atoms with Gasteiger partial charge in [0, 0.05) is 6.07 Å². The van der Waals surface area contributed by atoms with E-state index in [2.05, 4.69) is 0 Å². The van der Waals surface area contributed by atoms with Crippen molar-refractivity contribution in [1.82, 2.24) is 0 Å². The highest BCUT2D eigenvalue weighted by molar-refractivity contribution is 5.90. The predicted octanol–water partition coefficient (Wildman–Crippen LogP) is 3.49. The molecule has 0 fully saturated rings. The first-order chi connectivity index (χ1) is 14.9. The van der Waals surface area contributed by atoms with Gasteiger partial charge in [0.25, 0.3) is 0 Å². The van der Waals surface area contributed by atoms with Crippen LogP contribution in [-0.4, -0.2) is 29.0 Å². The number of hydrogen-bond acceptors (Lipinski definition) is 6. The fraction of sp³-hybridized carbons (Fsp3) is 0.208. The number of rotatable bonds is 7. The van der Waals surface area contributed by atoms with Crippen molar-refractivity contribution in [2.45, 2.75) is 18.4 Å². The minimum atomic E-state index is -1.06. The van der Waals surface area contributed by atoms with Crippen LogP contribution in [0.3, 0.4) is 0 Å². The molecule has 4 N–H and O–H groups in total. The SMILES string of the molecule is NC(CO)(CO)CCc1ccc2c(=O)c3ccc(Oc4ccc(F)cc4)cc3oc2c1. The highest BCUT2D eigenvalue weighted by Gasteiger charge is 2.22. The van der Waals surface area contributed by atoms with Gasteiger partial charge in [0.15, 0.2) is 0 Å². The Kier molecular flexibility index (Phi) is 5.73. The fourth-order valence-corrected chi connectivity index (χ4v) is 3.34. The Morgan fingerprint density at radius 1 is 0.903 bits per heavy atom. The Balaban J connectivity index is 1.67. The Morgan fingerprint density at radius 3 is 2.19 bits per heavy atom. The van der Waals surface area contributed by atoms with Gasteiger partial charge in [-0.3, -0.25) is 4.79 Å². The maximum Gasteiger partial charge on any atom is 0.200 e. The minimum Gasteiger partial charge on any atom is -0.457 e. The number of benzene rings is 3. The average molecular weight is 423 g/mol. The second-order valence-electron chi connectivity index (χ2n) is 7.65. The van der Waals surface area contributed by atoms with Crippen molar-refractivity contribution in [3.63, 3.8) is 0 Å². The molecule has 4 aromatic rings. The van der Waals surface area contributed by atoms with Crippen LogP contribution in [0.5, 0.6) is 11.5 Å². The first-order valence-electron chi connectivity index (χ1n) is 9.84. The Morgan fingerprint density at radius 2 is 1.52 bits per heavy atom. The van der Waals surface area contributed by atoms with Gasteiger partial charge in [0.2, 0.25) is 5.43 Å². The molecule has 0 unspecified atom stereocenters. The third-order valence-corrected chi connectivity index (χ3v) is 5.30. The molecule has 0 amide bonds. The first-order valence-corrected chi connectivity index (χ1v) is 9.84. The van der Waals surface area contributed by atoms with E-state index in [-0.39, 0.29) is 24.5 Å². The molecule has 0 atom stereocenters. The van der Waals surface area contributed by atoms with Gasteiger partial charge >= 0.3 is 0 Å². The summed E-state index contributed by atoms with van der Waals surface area (Å²) in [5.74, 6) is 0.560. The molecule has 31 heavy (non-hydrogen) atoms. The summed E-state index contributed by atoms with van der Waals surface area (Å²) in [5, 5.41) is 19.6. The Hall–Kier alpha value is -3.26. The van der Waals surface area contributed by atoms with E-state index in [4.69, 9.17) is 14.9 Å². The summed E-state index contributed by atoms with van der Waals surface area (Å²) >= 11 is 0. The number of aliphatic hydroxyl groups excluding tert-OH is 2. The number of nitrogens with two attached hydrogens (primary N) is 1. The van der Waals surface area contributed by atoms with E-state index in [0.717, 1.165) is 5.56 Å². The molecule has 0 spiro atoms. The van der Waals surface area contributed by atoms with Gasteiger partial charge < -0.3 is 25.1 Å². The number of halogens is 1. The Labute approximate surface area is 177 Å². The van der Waals surface area contributed by atoms with Crippen LogP contribution in [0.1, 0.15) is 12.0 Å². The molecule has 0 aliphatic rings. The zero-order chi connectivity index (χ0) is 22.0. The third-order valence-electron chi connectivity index (χ3n) is 5.30. The van der Waals surface area contributed by atoms with Crippen LogP contribution in [0, 0.1) is 5.82 Å². The molecule has 0 bridgehead atoms. The summed E-state index contributed by atoms with van der Waals surface area (Å²) in [7, 11) is 0. The maximum absolute atomic E-state index is 13.1. The average Bonchev–Trinajstić information content (AvgIpc) is 2.79. The number of aryl methyl sites for hydroxylation is 1. The molecule has 0 radical (unpaired) electrons. The van der Waals surface area contributed by atoms with Gasteiger partial charge in [0.1, 0.15) is 28.5 Å². The summed E-state index contributed by atoms with van der Waals surface area (Å²) in [5.41, 5.74) is 6.37. The van der Waals surface area contributed by atoms with Gasteiger partial charge in [-0.2, -0.15) is 0 Å². The molecule has 3 aromatic carbocycles. The molecule has 0 aliphatic heterocycles. The van der Waals surface area contributed by atoms with Crippen molar-refractivity contribution in [3.8, 4) is 11.5 Å². The second kappa shape index (κ2) is 8.47. The summed E-state index contributed by atoms with van der Waals surface area (Å²) < 4.78 is 24.8. The summed E-state index contributed by atoms with van der Waals surface area (Å²) in [4.78, 5) is 12.9. The lowest BCUT2D eigenvalue weighted by atomic mass is 9.93. The van der Waals surface area contributed by atoms with E-state index >= 15 is 0 Å². The van der Waals surface area contributed by atoms with Gasteiger partial charge in [-0.15, -0.1) is 0 Å². The van der Waals surface area contributed by atoms with Crippen molar-refractivity contribution in [3.05, 3.63) is 82.3 Å². The highest BCUT2D eigenvalue weighted by Crippen LogP contribution is 2.27. The van der Waals surface area contributed by atoms with Crippen molar-refractivity contribution in [2.75, 3.05) is 13.2 Å². The predicted molar refractivity (Wildman–Crippen MR) is 116 cm³/mol. The normalized spacial score (nSPS) is 11.9. The van der Waals surface area contributed by atoms with Crippen LogP contribution in [0.2, 0.25) is 0 Å². The topological polar surface area (TPSA) is 106 Å². The van der Waals surface area contributed by atoms with Gasteiger partial charge in [-0.05, 0) is 66.9 Å². The summed E-state index contributed by atoms with van der Waals surface area (Å²) in [6.45, 7) is -0.652. The van der Waals surface area contributed by atoms with E-state index in [0.29, 0.717) is 46.3 Å². The van der Waals surface area contributed by atoms with Crippen LogP contribution in [0.4, 0.5) is 4.39 Å². The molecular weight excluding hydrogens is 401 g/mol. The smallest absolute Gasteiger partial charge is 0.200 e. The fourth-order valence-electron chi connectivity index (χ4n) is 3.34. The van der Waals surface area contributed by atoms with Crippen LogP contribution < -0.4 is 15.9 Å². The molecule has 0 saturated heterocycles. The van der Waals surface area contributed by atoms with Gasteiger partial charge in [0.05, 0.1) is 29.5 Å². The summed E-state index contributed by atoms with van der Waals surface area (Å²) in [6.07, 6.45) is 0.877. The second-order valence-corrected chi connectivity index (χ2v) is 7.65. The van der Waals surface area contributed by atoms with Crippen LogP contribution in [-0.2, 0) is 6.42 Å². The standard InChI is InChI=1S/C24H22FNO5/c25-16-2-4-17(5-3-16)30-18-6-8-20-22(12-18)31-21-11-15(1-7-19(21)23(20)29)9-10-24(26,13-27)14-28/h1-8,11-12,27-28H,9-10,13-14,26H2. The van der Waals surface area contributed by atoms with E-state index in [9.17, 15) is 19.4 Å². The van der Waals surface area contributed by atoms with Crippen molar-refractivity contribution in [1.29, 1.82) is 0 Å². The van der Waals surface area contributed by atoms with E-state index in [1.54, 1.807) is 30.3 Å². The molecule has 7 heteroatoms. The largest absolute Gasteiger partial charge is 0.457 e. The number of fused-ring (bicyclic) bond motifs is 2. The molecule has 0 saturated carbocycles. The lowest BCUT2D eigenvalue weighted by molar-refractivity contribution is 0.115. The molecule has 0 aliphatic carbocycles. The van der Waals surface area contributed by atoms with E-state index in [1.165, 1.54) is 24.3 Å². The molecule has 1 aromatic heterocycles. The van der Waals surface area contributed by atoms with E-state index < -0.39 is 5.54 Å². The lowest BCUT2D eigenvalue weighted by Gasteiger charge is -2.24. The number of hydrogen-bond donors (Lipinski definition) is 3. The quantitative estimate of drug-likeness (QED) is 0.393. The molecule has 1 heterocycles. The zero-order valence-electron chi connectivity index (χ0n) is 16.7. The first kappa shape index (κ1) is 21.0. The summed E-state index contributed by atoms with van der Waals surface area (Å²) in [6, 6.07) is 15.8. The monoisotopic (exact) mass is 423 g/mol. The maximum atomic E-state index is 13.1. The van der Waals surface area contributed by atoms with Crippen LogP contribution in [0.25, 0.3) is 21.9 Å². The highest BCUT2D eigenvalue weighted by atomic mass is 19.1. The van der Waals surface area contributed by atoms with Crippen LogP contribution >= 0.6 is 0 Å². The molecule has 160 valence electrons. The lowest BCUT2D eigenvalue weighted by Crippen LogP contribution is -2.47. The van der Waals surface area contributed by atoms with Gasteiger partial charge in [-0.25, -0.2) is 4.39 Å². The van der Waals surface area contributed by atoms with E-state index in [1.807, 2.05) is 6.07 Å². The van der Waals surface area contributed by atoms with Crippen molar-refractivity contribution < 1.29 is 23.8 Å². The van der Waals surface area contributed by atoms with Gasteiger partial charge in [-0.1, -0.05) is 6.07 Å². The minimum absolute atomic E-state index is 0.157.